The fourth-order valence-corrected chi connectivity index (χ4v) is 1.93. The van der Waals surface area contributed by atoms with Crippen LogP contribution in [0.5, 0.6) is 0 Å². The second-order valence-electron chi connectivity index (χ2n) is 3.53. The highest BCUT2D eigenvalue weighted by molar-refractivity contribution is 6.70. The Hall–Kier alpha value is -1.39. The van der Waals surface area contributed by atoms with Crippen molar-refractivity contribution in [1.82, 2.24) is 5.32 Å². The zero-order chi connectivity index (χ0) is 11.7. The molecule has 5 heteroatoms. The van der Waals surface area contributed by atoms with Gasteiger partial charge in [-0.3, -0.25) is 10.1 Å². The molecule has 0 saturated carbocycles. The van der Waals surface area contributed by atoms with Crippen LogP contribution < -0.4 is 10.2 Å². The number of benzodiazepines with no additional fused rings is 1. The summed E-state index contributed by atoms with van der Waals surface area (Å²) in [6.45, 7) is 0. The predicted molar refractivity (Wildman–Crippen MR) is 65.1 cm³/mol. The topological polar surface area (TPSA) is 44.7 Å². The van der Waals surface area contributed by atoms with Crippen LogP contribution in [-0.4, -0.2) is 31.3 Å². The van der Waals surface area contributed by atoms with E-state index in [-0.39, 0.29) is 5.91 Å². The number of likely N-dealkylation sites (N-methyl/N-ethyl adjacent to an activating group) is 2. The molecule has 84 valence electrons. The number of rotatable bonds is 1. The first-order chi connectivity index (χ1) is 7.65. The van der Waals surface area contributed by atoms with Crippen molar-refractivity contribution >= 4 is 28.4 Å². The highest BCUT2D eigenvalue weighted by Crippen LogP contribution is 2.25. The van der Waals surface area contributed by atoms with E-state index in [1.807, 2.05) is 24.3 Å². The van der Waals surface area contributed by atoms with E-state index >= 15 is 0 Å². The van der Waals surface area contributed by atoms with E-state index in [1.54, 1.807) is 19.0 Å². The SMILES string of the molecule is CNC1N=C(Cl)c2ccccc2N(C)C1=O. The average Bonchev–Trinajstić information content (AvgIpc) is 2.41. The quantitative estimate of drug-likeness (QED) is 0.798. The Morgan fingerprint density at radius 1 is 1.44 bits per heavy atom. The molecule has 1 aromatic rings. The lowest BCUT2D eigenvalue weighted by Crippen LogP contribution is -2.41. The van der Waals surface area contributed by atoms with Gasteiger partial charge in [0.25, 0.3) is 5.91 Å². The largest absolute Gasteiger partial charge is 0.312 e. The summed E-state index contributed by atoms with van der Waals surface area (Å²) in [5.74, 6) is -0.120. The Morgan fingerprint density at radius 3 is 2.81 bits per heavy atom. The van der Waals surface area contributed by atoms with Crippen molar-refractivity contribution in [3.8, 4) is 0 Å². The van der Waals surface area contributed by atoms with Crippen molar-refractivity contribution in [2.24, 2.45) is 4.99 Å². The number of anilines is 1. The summed E-state index contributed by atoms with van der Waals surface area (Å²) < 4.78 is 0. The first-order valence-corrected chi connectivity index (χ1v) is 5.30. The molecule has 1 amide bonds. The van der Waals surface area contributed by atoms with E-state index in [0.29, 0.717) is 5.17 Å². The van der Waals surface area contributed by atoms with E-state index in [1.165, 1.54) is 0 Å². The Morgan fingerprint density at radius 2 is 2.12 bits per heavy atom. The van der Waals surface area contributed by atoms with Gasteiger partial charge in [-0.2, -0.15) is 0 Å². The van der Waals surface area contributed by atoms with Crippen molar-refractivity contribution in [1.29, 1.82) is 0 Å². The molecule has 16 heavy (non-hydrogen) atoms. The molecule has 0 fully saturated rings. The van der Waals surface area contributed by atoms with Gasteiger partial charge < -0.3 is 4.90 Å². The molecule has 0 saturated heterocycles. The average molecular weight is 238 g/mol. The standard InChI is InChI=1S/C11H12ClN3O/c1-13-10-11(16)15(2)8-6-4-3-5-7(8)9(12)14-10/h3-6,10,13H,1-2H3. The van der Waals surface area contributed by atoms with Crippen LogP contribution in [0.4, 0.5) is 5.69 Å². The minimum Gasteiger partial charge on any atom is -0.312 e. The summed E-state index contributed by atoms with van der Waals surface area (Å²) in [7, 11) is 3.40. The smallest absolute Gasteiger partial charge is 0.266 e. The summed E-state index contributed by atoms with van der Waals surface area (Å²) in [5.41, 5.74) is 1.55. The van der Waals surface area contributed by atoms with E-state index in [4.69, 9.17) is 11.6 Å². The van der Waals surface area contributed by atoms with Gasteiger partial charge in [-0.15, -0.1) is 0 Å². The van der Waals surface area contributed by atoms with Crippen LogP contribution in [0, 0.1) is 0 Å². The molecule has 0 spiro atoms. The third kappa shape index (κ3) is 1.70. The molecule has 1 aromatic carbocycles. The predicted octanol–water partition coefficient (Wildman–Crippen LogP) is 1.19. The maximum atomic E-state index is 12.0. The van der Waals surface area contributed by atoms with Crippen LogP contribution in [0.2, 0.25) is 0 Å². The second kappa shape index (κ2) is 4.23. The molecule has 0 aliphatic carbocycles. The second-order valence-corrected chi connectivity index (χ2v) is 3.88. The summed E-state index contributed by atoms with van der Waals surface area (Å²) >= 11 is 6.09. The van der Waals surface area contributed by atoms with E-state index in [0.717, 1.165) is 11.3 Å². The van der Waals surface area contributed by atoms with Crippen LogP contribution in [0.25, 0.3) is 0 Å². The summed E-state index contributed by atoms with van der Waals surface area (Å²) in [4.78, 5) is 17.7. The van der Waals surface area contributed by atoms with E-state index in [9.17, 15) is 4.79 Å². The molecule has 2 rings (SSSR count). The zero-order valence-corrected chi connectivity index (χ0v) is 9.82. The number of nitrogens with zero attached hydrogens (tertiary/aromatic N) is 2. The number of aliphatic imine (C=N–C) groups is 1. The number of hydrogen-bond donors (Lipinski definition) is 1. The number of amides is 1. The van der Waals surface area contributed by atoms with Gasteiger partial charge in [-0.05, 0) is 19.2 Å². The molecule has 0 aromatic heterocycles. The maximum Gasteiger partial charge on any atom is 0.266 e. The highest BCUT2D eigenvalue weighted by Gasteiger charge is 2.27. The monoisotopic (exact) mass is 237 g/mol. The number of para-hydroxylation sites is 1. The number of fused-ring (bicyclic) bond motifs is 1. The van der Waals surface area contributed by atoms with Crippen LogP contribution in [0.1, 0.15) is 5.56 Å². The maximum absolute atomic E-state index is 12.0. The van der Waals surface area contributed by atoms with Gasteiger partial charge in [0, 0.05) is 12.6 Å². The third-order valence-corrected chi connectivity index (χ3v) is 2.87. The molecule has 1 unspecified atom stereocenters. The Kier molecular flexibility index (Phi) is 2.94. The van der Waals surface area contributed by atoms with Crippen molar-refractivity contribution in [2.75, 3.05) is 19.0 Å². The third-order valence-electron chi connectivity index (χ3n) is 2.57. The molecule has 0 radical (unpaired) electrons. The summed E-state index contributed by atoms with van der Waals surface area (Å²) in [5, 5.41) is 3.18. The molecular weight excluding hydrogens is 226 g/mol. The van der Waals surface area contributed by atoms with Crippen LogP contribution in [-0.2, 0) is 4.79 Å². The van der Waals surface area contributed by atoms with Gasteiger partial charge in [-0.25, -0.2) is 4.99 Å². The lowest BCUT2D eigenvalue weighted by atomic mass is 10.2. The fourth-order valence-electron chi connectivity index (χ4n) is 1.67. The van der Waals surface area contributed by atoms with Crippen LogP contribution in [0.3, 0.4) is 0 Å². The molecular formula is C11H12ClN3O. The number of carbonyl (C=O) groups is 1. The highest BCUT2D eigenvalue weighted by atomic mass is 35.5. The van der Waals surface area contributed by atoms with Gasteiger partial charge >= 0.3 is 0 Å². The normalized spacial score (nSPS) is 20.2. The van der Waals surface area contributed by atoms with Gasteiger partial charge in [0.15, 0.2) is 6.17 Å². The Labute approximate surface area is 98.9 Å². The first kappa shape index (κ1) is 11.1. The molecule has 1 atom stereocenters. The molecule has 4 nitrogen and oxygen atoms in total. The molecule has 1 aliphatic rings. The van der Waals surface area contributed by atoms with E-state index in [2.05, 4.69) is 10.3 Å². The number of nitrogens with one attached hydrogen (secondary N) is 1. The zero-order valence-electron chi connectivity index (χ0n) is 9.07. The van der Waals surface area contributed by atoms with Gasteiger partial charge in [0.2, 0.25) is 0 Å². The number of carbonyl (C=O) groups excluding carboxylic acids is 1. The van der Waals surface area contributed by atoms with Crippen molar-refractivity contribution in [3.63, 3.8) is 0 Å². The summed E-state index contributed by atoms with van der Waals surface area (Å²) in [6, 6.07) is 7.44. The molecule has 1 N–H and O–H groups in total. The van der Waals surface area contributed by atoms with Crippen molar-refractivity contribution in [3.05, 3.63) is 29.8 Å². The first-order valence-electron chi connectivity index (χ1n) is 4.92. The summed E-state index contributed by atoms with van der Waals surface area (Å²) in [6.07, 6.45) is -0.620. The van der Waals surface area contributed by atoms with Crippen LogP contribution >= 0.6 is 11.6 Å². The van der Waals surface area contributed by atoms with E-state index < -0.39 is 6.17 Å². The molecule has 0 bridgehead atoms. The van der Waals surface area contributed by atoms with Crippen LogP contribution in [0.15, 0.2) is 29.3 Å². The molecule has 1 aliphatic heterocycles. The number of halogens is 1. The van der Waals surface area contributed by atoms with Gasteiger partial charge in [-0.1, -0.05) is 23.7 Å². The fraction of sp³-hybridized carbons (Fsp3) is 0.273. The van der Waals surface area contributed by atoms with Crippen molar-refractivity contribution < 1.29 is 4.79 Å². The minimum absolute atomic E-state index is 0.120. The number of benzene rings is 1. The van der Waals surface area contributed by atoms with Gasteiger partial charge in [0.1, 0.15) is 5.17 Å². The minimum atomic E-state index is -0.620. The molecule has 1 heterocycles. The Bertz CT molecular complexity index is 458. The lowest BCUT2D eigenvalue weighted by molar-refractivity contribution is -0.119. The lowest BCUT2D eigenvalue weighted by Gasteiger charge is -2.19. The Balaban J connectivity index is 2.58. The van der Waals surface area contributed by atoms with Crippen molar-refractivity contribution in [2.45, 2.75) is 6.17 Å². The number of hydrogen-bond acceptors (Lipinski definition) is 3. The van der Waals surface area contributed by atoms with Gasteiger partial charge in [0.05, 0.1) is 5.69 Å².